The van der Waals surface area contributed by atoms with Crippen LogP contribution in [0.5, 0.6) is 0 Å². The molecule has 142 valence electrons. The molecule has 0 bridgehead atoms. The van der Waals surface area contributed by atoms with Crippen molar-refractivity contribution in [3.05, 3.63) is 59.4 Å². The zero-order valence-corrected chi connectivity index (χ0v) is 15.6. The van der Waals surface area contributed by atoms with E-state index >= 15 is 0 Å². The third-order valence-corrected chi connectivity index (χ3v) is 4.90. The van der Waals surface area contributed by atoms with Crippen LogP contribution >= 0.6 is 0 Å². The van der Waals surface area contributed by atoms with Crippen LogP contribution in [0.15, 0.2) is 42.5 Å². The number of carbonyl (C=O) groups is 2. The minimum atomic E-state index is -0.533. The molecule has 0 spiro atoms. The molecule has 0 aromatic heterocycles. The monoisotopic (exact) mass is 369 g/mol. The Morgan fingerprint density at radius 1 is 1.22 bits per heavy atom. The summed E-state index contributed by atoms with van der Waals surface area (Å²) < 4.78 is 14.4. The van der Waals surface area contributed by atoms with Crippen LogP contribution in [0.25, 0.3) is 0 Å². The quantitative estimate of drug-likeness (QED) is 0.820. The van der Waals surface area contributed by atoms with Gasteiger partial charge in [-0.3, -0.25) is 9.59 Å². The first kappa shape index (κ1) is 18.9. The van der Waals surface area contributed by atoms with Gasteiger partial charge in [-0.1, -0.05) is 24.3 Å². The second kappa shape index (κ2) is 8.20. The van der Waals surface area contributed by atoms with Gasteiger partial charge in [-0.2, -0.15) is 0 Å². The summed E-state index contributed by atoms with van der Waals surface area (Å²) in [6, 6.07) is 12.3. The maximum Gasteiger partial charge on any atom is 0.228 e. The number of amides is 2. The van der Waals surface area contributed by atoms with Crippen LogP contribution in [0.4, 0.5) is 15.8 Å². The van der Waals surface area contributed by atoms with Crippen molar-refractivity contribution in [1.29, 1.82) is 0 Å². The van der Waals surface area contributed by atoms with Crippen molar-refractivity contribution in [2.24, 2.45) is 0 Å². The molecular formula is C21H24FN3O2. The van der Waals surface area contributed by atoms with E-state index in [0.29, 0.717) is 16.9 Å². The SMILES string of the molecule is CCN(CC)c1ccc(CNC(=O)C2CC(=O)Nc3ccccc32)cc1F. The number of fused-ring (bicyclic) bond motifs is 1. The zero-order chi connectivity index (χ0) is 19.4. The van der Waals surface area contributed by atoms with Crippen molar-refractivity contribution in [2.45, 2.75) is 32.7 Å². The lowest BCUT2D eigenvalue weighted by Crippen LogP contribution is -2.34. The molecule has 0 saturated carbocycles. The van der Waals surface area contributed by atoms with Crippen LogP contribution in [0, 0.1) is 5.82 Å². The van der Waals surface area contributed by atoms with Gasteiger partial charge in [0.2, 0.25) is 11.8 Å². The summed E-state index contributed by atoms with van der Waals surface area (Å²) in [7, 11) is 0. The van der Waals surface area contributed by atoms with E-state index in [9.17, 15) is 14.0 Å². The second-order valence-electron chi connectivity index (χ2n) is 6.57. The van der Waals surface area contributed by atoms with E-state index in [1.165, 1.54) is 6.07 Å². The number of rotatable bonds is 6. The van der Waals surface area contributed by atoms with Crippen molar-refractivity contribution in [3.63, 3.8) is 0 Å². The van der Waals surface area contributed by atoms with Gasteiger partial charge >= 0.3 is 0 Å². The number of benzene rings is 2. The summed E-state index contributed by atoms with van der Waals surface area (Å²) in [5.74, 6) is -1.24. The average molecular weight is 369 g/mol. The standard InChI is InChI=1S/C21H24FN3O2/c1-3-25(4-2)19-10-9-14(11-17(19)22)13-23-21(27)16-12-20(26)24-18-8-6-5-7-15(16)18/h5-11,16H,3-4,12-13H2,1-2H3,(H,23,27)(H,24,26). The Bertz CT molecular complexity index is 849. The molecular weight excluding hydrogens is 345 g/mol. The highest BCUT2D eigenvalue weighted by Crippen LogP contribution is 2.32. The molecule has 0 radical (unpaired) electrons. The van der Waals surface area contributed by atoms with Gasteiger partial charge in [-0.25, -0.2) is 4.39 Å². The van der Waals surface area contributed by atoms with Gasteiger partial charge < -0.3 is 15.5 Å². The Kier molecular flexibility index (Phi) is 5.74. The van der Waals surface area contributed by atoms with Gasteiger partial charge in [0.05, 0.1) is 11.6 Å². The predicted octanol–water partition coefficient (Wildman–Crippen LogP) is 3.41. The van der Waals surface area contributed by atoms with Gasteiger partial charge in [-0.15, -0.1) is 0 Å². The Labute approximate surface area is 158 Å². The van der Waals surface area contributed by atoms with Crippen molar-refractivity contribution >= 4 is 23.2 Å². The highest BCUT2D eigenvalue weighted by molar-refractivity contribution is 6.01. The van der Waals surface area contributed by atoms with E-state index in [2.05, 4.69) is 10.6 Å². The summed E-state index contributed by atoms with van der Waals surface area (Å²) in [4.78, 5) is 26.5. The van der Waals surface area contributed by atoms with E-state index in [1.807, 2.05) is 43.0 Å². The fraction of sp³-hybridized carbons (Fsp3) is 0.333. The number of para-hydroxylation sites is 1. The number of nitrogens with zero attached hydrogens (tertiary/aromatic N) is 1. The minimum Gasteiger partial charge on any atom is -0.370 e. The van der Waals surface area contributed by atoms with Crippen LogP contribution in [-0.4, -0.2) is 24.9 Å². The van der Waals surface area contributed by atoms with Crippen LogP contribution in [0.3, 0.4) is 0 Å². The number of hydrogen-bond donors (Lipinski definition) is 2. The molecule has 2 aromatic carbocycles. The highest BCUT2D eigenvalue weighted by atomic mass is 19.1. The second-order valence-corrected chi connectivity index (χ2v) is 6.57. The maximum absolute atomic E-state index is 14.4. The summed E-state index contributed by atoms with van der Waals surface area (Å²) in [6.45, 7) is 5.64. The lowest BCUT2D eigenvalue weighted by Gasteiger charge is -2.25. The first-order valence-corrected chi connectivity index (χ1v) is 9.23. The molecule has 0 fully saturated rings. The first-order valence-electron chi connectivity index (χ1n) is 9.23. The Balaban J connectivity index is 1.69. The molecule has 2 aromatic rings. The largest absolute Gasteiger partial charge is 0.370 e. The number of anilines is 2. The molecule has 5 nitrogen and oxygen atoms in total. The van der Waals surface area contributed by atoms with Gasteiger partial charge in [0.25, 0.3) is 0 Å². The van der Waals surface area contributed by atoms with E-state index in [0.717, 1.165) is 18.7 Å². The first-order chi connectivity index (χ1) is 13.0. The third kappa shape index (κ3) is 4.10. The zero-order valence-electron chi connectivity index (χ0n) is 15.6. The van der Waals surface area contributed by atoms with Gasteiger partial charge in [0, 0.05) is 31.7 Å². The molecule has 1 aliphatic heterocycles. The Morgan fingerprint density at radius 2 is 1.96 bits per heavy atom. The van der Waals surface area contributed by atoms with Crippen LogP contribution < -0.4 is 15.5 Å². The molecule has 1 aliphatic rings. The molecule has 27 heavy (non-hydrogen) atoms. The number of carbonyl (C=O) groups excluding carboxylic acids is 2. The van der Waals surface area contributed by atoms with Crippen LogP contribution in [0.1, 0.15) is 37.3 Å². The lowest BCUT2D eigenvalue weighted by atomic mass is 9.90. The lowest BCUT2D eigenvalue weighted by molar-refractivity contribution is -0.126. The predicted molar refractivity (Wildman–Crippen MR) is 104 cm³/mol. The Morgan fingerprint density at radius 3 is 2.67 bits per heavy atom. The fourth-order valence-electron chi connectivity index (χ4n) is 3.44. The van der Waals surface area contributed by atoms with Crippen molar-refractivity contribution in [1.82, 2.24) is 5.32 Å². The average Bonchev–Trinajstić information content (AvgIpc) is 2.67. The van der Waals surface area contributed by atoms with Crippen LogP contribution in [-0.2, 0) is 16.1 Å². The van der Waals surface area contributed by atoms with Crippen LogP contribution in [0.2, 0.25) is 0 Å². The summed E-state index contributed by atoms with van der Waals surface area (Å²) in [6.07, 6.45) is 0.109. The topological polar surface area (TPSA) is 61.4 Å². The number of hydrogen-bond acceptors (Lipinski definition) is 3. The van der Waals surface area contributed by atoms with Gasteiger partial charge in [0.1, 0.15) is 5.82 Å². The number of halogens is 1. The Hall–Kier alpha value is -2.89. The van der Waals surface area contributed by atoms with E-state index in [4.69, 9.17) is 0 Å². The molecule has 1 unspecified atom stereocenters. The summed E-state index contributed by atoms with van der Waals surface area (Å²) >= 11 is 0. The molecule has 1 atom stereocenters. The molecule has 2 amide bonds. The van der Waals surface area contributed by atoms with E-state index in [1.54, 1.807) is 12.1 Å². The minimum absolute atomic E-state index is 0.109. The van der Waals surface area contributed by atoms with Crippen molar-refractivity contribution in [2.75, 3.05) is 23.3 Å². The van der Waals surface area contributed by atoms with E-state index < -0.39 is 5.92 Å². The normalized spacial score (nSPS) is 15.7. The third-order valence-electron chi connectivity index (χ3n) is 4.90. The molecule has 0 saturated heterocycles. The summed E-state index contributed by atoms with van der Waals surface area (Å²) in [5.41, 5.74) is 2.72. The fourth-order valence-corrected chi connectivity index (χ4v) is 3.44. The molecule has 0 aliphatic carbocycles. The van der Waals surface area contributed by atoms with Crippen molar-refractivity contribution < 1.29 is 14.0 Å². The smallest absolute Gasteiger partial charge is 0.228 e. The molecule has 6 heteroatoms. The summed E-state index contributed by atoms with van der Waals surface area (Å²) in [5, 5.41) is 5.62. The van der Waals surface area contributed by atoms with Gasteiger partial charge in [0.15, 0.2) is 0 Å². The van der Waals surface area contributed by atoms with E-state index in [-0.39, 0.29) is 30.6 Å². The molecule has 3 rings (SSSR count). The molecule has 1 heterocycles. The maximum atomic E-state index is 14.4. The number of nitrogens with one attached hydrogen (secondary N) is 2. The van der Waals surface area contributed by atoms with Crippen molar-refractivity contribution in [3.8, 4) is 0 Å². The van der Waals surface area contributed by atoms with Gasteiger partial charge in [-0.05, 0) is 43.2 Å². The highest BCUT2D eigenvalue weighted by Gasteiger charge is 2.30. The molecule has 2 N–H and O–H groups in total.